The molecule has 1 atom stereocenters. The van der Waals surface area contributed by atoms with Gasteiger partial charge < -0.3 is 14.8 Å². The van der Waals surface area contributed by atoms with E-state index in [-0.39, 0.29) is 12.2 Å². The monoisotopic (exact) mass is 175 g/mol. The normalized spacial score (nSPS) is 20.8. The van der Waals surface area contributed by atoms with E-state index in [0.717, 1.165) is 6.42 Å². The Kier molecular flexibility index (Phi) is 6.47. The van der Waals surface area contributed by atoms with Crippen molar-refractivity contribution in [3.05, 3.63) is 0 Å². The Balaban J connectivity index is 0.000000561. The standard InChI is InChI=1S/C6H11NO3.C2H6/c1-7-6(8)10-5-2-3-9-4-5;1-2/h5H,2-4H2,1H3,(H,7,8);1-2H3. The first-order chi connectivity index (χ1) is 5.83. The van der Waals surface area contributed by atoms with Crippen LogP contribution in [0.4, 0.5) is 4.79 Å². The highest BCUT2D eigenvalue weighted by Crippen LogP contribution is 2.07. The van der Waals surface area contributed by atoms with E-state index in [9.17, 15) is 4.79 Å². The zero-order valence-electron chi connectivity index (χ0n) is 7.92. The largest absolute Gasteiger partial charge is 0.444 e. The number of carbonyl (C=O) groups excluding carboxylic acids is 1. The molecular weight excluding hydrogens is 158 g/mol. The van der Waals surface area contributed by atoms with E-state index in [0.29, 0.717) is 13.2 Å². The van der Waals surface area contributed by atoms with Gasteiger partial charge in [0.05, 0.1) is 13.2 Å². The molecule has 1 aliphatic rings. The number of hydrogen-bond acceptors (Lipinski definition) is 3. The molecule has 1 amide bonds. The van der Waals surface area contributed by atoms with Crippen LogP contribution >= 0.6 is 0 Å². The lowest BCUT2D eigenvalue weighted by molar-refractivity contribution is 0.0846. The average molecular weight is 175 g/mol. The maximum atomic E-state index is 10.6. The predicted molar refractivity (Wildman–Crippen MR) is 46.1 cm³/mol. The summed E-state index contributed by atoms with van der Waals surface area (Å²) in [5.74, 6) is 0. The lowest BCUT2D eigenvalue weighted by atomic mass is 10.3. The maximum Gasteiger partial charge on any atom is 0.407 e. The number of hydrogen-bond donors (Lipinski definition) is 1. The van der Waals surface area contributed by atoms with Gasteiger partial charge in [0.1, 0.15) is 6.10 Å². The van der Waals surface area contributed by atoms with Gasteiger partial charge in [-0.3, -0.25) is 0 Å². The Labute approximate surface area is 73.2 Å². The summed E-state index contributed by atoms with van der Waals surface area (Å²) >= 11 is 0. The quantitative estimate of drug-likeness (QED) is 0.650. The van der Waals surface area contributed by atoms with Crippen LogP contribution in [-0.4, -0.2) is 32.5 Å². The van der Waals surface area contributed by atoms with Crippen LogP contribution in [0.1, 0.15) is 20.3 Å². The number of carbonyl (C=O) groups is 1. The SMILES string of the molecule is CC.CNC(=O)OC1CCOC1. The van der Waals surface area contributed by atoms with Crippen LogP contribution in [0.2, 0.25) is 0 Å². The van der Waals surface area contributed by atoms with Crippen molar-refractivity contribution in [3.63, 3.8) is 0 Å². The van der Waals surface area contributed by atoms with Gasteiger partial charge in [0.2, 0.25) is 0 Å². The molecule has 1 fully saturated rings. The molecule has 0 aromatic carbocycles. The number of amides is 1. The molecule has 1 aliphatic heterocycles. The minimum absolute atomic E-state index is 0.0417. The van der Waals surface area contributed by atoms with E-state index >= 15 is 0 Å². The fourth-order valence-corrected chi connectivity index (χ4v) is 0.816. The summed E-state index contributed by atoms with van der Waals surface area (Å²) in [6, 6.07) is 0. The zero-order valence-corrected chi connectivity index (χ0v) is 7.92. The highest BCUT2D eigenvalue weighted by Gasteiger charge is 2.18. The van der Waals surface area contributed by atoms with Crippen molar-refractivity contribution in [1.82, 2.24) is 5.32 Å². The van der Waals surface area contributed by atoms with Gasteiger partial charge in [0.15, 0.2) is 0 Å². The summed E-state index contributed by atoms with van der Waals surface area (Å²) in [6.07, 6.45) is 0.392. The molecule has 1 N–H and O–H groups in total. The zero-order chi connectivity index (χ0) is 9.40. The first-order valence-electron chi connectivity index (χ1n) is 4.29. The van der Waals surface area contributed by atoms with Crippen LogP contribution in [0.15, 0.2) is 0 Å². The van der Waals surface area contributed by atoms with Crippen molar-refractivity contribution < 1.29 is 14.3 Å². The topological polar surface area (TPSA) is 47.6 Å². The van der Waals surface area contributed by atoms with Crippen molar-refractivity contribution in [2.45, 2.75) is 26.4 Å². The van der Waals surface area contributed by atoms with Crippen molar-refractivity contribution in [2.75, 3.05) is 20.3 Å². The van der Waals surface area contributed by atoms with Crippen LogP contribution in [-0.2, 0) is 9.47 Å². The molecule has 1 heterocycles. The molecule has 0 aromatic heterocycles. The molecule has 72 valence electrons. The molecule has 4 heteroatoms. The summed E-state index contributed by atoms with van der Waals surface area (Å²) < 4.78 is 9.88. The molecule has 1 saturated heterocycles. The van der Waals surface area contributed by atoms with Gasteiger partial charge >= 0.3 is 6.09 Å². The number of alkyl carbamates (subject to hydrolysis) is 1. The third kappa shape index (κ3) is 4.18. The van der Waals surface area contributed by atoms with Crippen molar-refractivity contribution >= 4 is 6.09 Å². The predicted octanol–water partition coefficient (Wildman–Crippen LogP) is 1.16. The second kappa shape index (κ2) is 6.91. The molecule has 1 rings (SSSR count). The first-order valence-corrected chi connectivity index (χ1v) is 4.29. The van der Waals surface area contributed by atoms with Crippen LogP contribution < -0.4 is 5.32 Å². The van der Waals surface area contributed by atoms with Crippen molar-refractivity contribution in [3.8, 4) is 0 Å². The minimum Gasteiger partial charge on any atom is -0.444 e. The van der Waals surface area contributed by atoms with Crippen LogP contribution in [0, 0.1) is 0 Å². The fourth-order valence-electron chi connectivity index (χ4n) is 0.816. The average Bonchev–Trinajstić information content (AvgIpc) is 2.60. The molecule has 4 nitrogen and oxygen atoms in total. The van der Waals surface area contributed by atoms with E-state index in [1.54, 1.807) is 0 Å². The Morgan fingerprint density at radius 1 is 1.58 bits per heavy atom. The number of ether oxygens (including phenoxy) is 2. The van der Waals surface area contributed by atoms with Crippen LogP contribution in [0.3, 0.4) is 0 Å². The molecule has 0 bridgehead atoms. The summed E-state index contributed by atoms with van der Waals surface area (Å²) in [7, 11) is 1.54. The number of nitrogens with one attached hydrogen (secondary N) is 1. The molecule has 0 aromatic rings. The Morgan fingerprint density at radius 3 is 2.67 bits per heavy atom. The summed E-state index contributed by atoms with van der Waals surface area (Å²) in [5.41, 5.74) is 0. The molecular formula is C8H17NO3. The lowest BCUT2D eigenvalue weighted by Crippen LogP contribution is -2.25. The van der Waals surface area contributed by atoms with Gasteiger partial charge in [0, 0.05) is 13.5 Å². The van der Waals surface area contributed by atoms with Gasteiger partial charge in [0.25, 0.3) is 0 Å². The smallest absolute Gasteiger partial charge is 0.407 e. The highest BCUT2D eigenvalue weighted by atomic mass is 16.6. The Bertz CT molecular complexity index is 121. The van der Waals surface area contributed by atoms with Crippen molar-refractivity contribution in [1.29, 1.82) is 0 Å². The summed E-state index contributed by atoms with van der Waals surface area (Å²) in [5, 5.41) is 2.38. The van der Waals surface area contributed by atoms with E-state index in [4.69, 9.17) is 9.47 Å². The van der Waals surface area contributed by atoms with Crippen LogP contribution in [0.5, 0.6) is 0 Å². The molecule has 0 radical (unpaired) electrons. The second-order valence-corrected chi connectivity index (χ2v) is 2.14. The van der Waals surface area contributed by atoms with E-state index < -0.39 is 0 Å². The van der Waals surface area contributed by atoms with Gasteiger partial charge in [-0.15, -0.1) is 0 Å². The van der Waals surface area contributed by atoms with E-state index in [2.05, 4.69) is 5.32 Å². The summed E-state index contributed by atoms with van der Waals surface area (Å²) in [6.45, 7) is 5.23. The lowest BCUT2D eigenvalue weighted by Gasteiger charge is -2.07. The third-order valence-electron chi connectivity index (χ3n) is 1.37. The Hall–Kier alpha value is -0.770. The molecule has 1 unspecified atom stereocenters. The van der Waals surface area contributed by atoms with Gasteiger partial charge in [-0.25, -0.2) is 4.79 Å². The summed E-state index contributed by atoms with van der Waals surface area (Å²) in [4.78, 5) is 10.6. The number of rotatable bonds is 1. The van der Waals surface area contributed by atoms with Gasteiger partial charge in [-0.05, 0) is 0 Å². The van der Waals surface area contributed by atoms with Crippen molar-refractivity contribution in [2.24, 2.45) is 0 Å². The van der Waals surface area contributed by atoms with E-state index in [1.807, 2.05) is 13.8 Å². The molecule has 0 aliphatic carbocycles. The third-order valence-corrected chi connectivity index (χ3v) is 1.37. The fraction of sp³-hybridized carbons (Fsp3) is 0.875. The highest BCUT2D eigenvalue weighted by molar-refractivity contribution is 5.66. The second-order valence-electron chi connectivity index (χ2n) is 2.14. The van der Waals surface area contributed by atoms with Gasteiger partial charge in [-0.2, -0.15) is 0 Å². The maximum absolute atomic E-state index is 10.6. The molecule has 12 heavy (non-hydrogen) atoms. The van der Waals surface area contributed by atoms with Crippen LogP contribution in [0.25, 0.3) is 0 Å². The first kappa shape index (κ1) is 11.2. The Morgan fingerprint density at radius 2 is 2.25 bits per heavy atom. The molecule has 0 saturated carbocycles. The van der Waals surface area contributed by atoms with Gasteiger partial charge in [-0.1, -0.05) is 13.8 Å². The van der Waals surface area contributed by atoms with E-state index in [1.165, 1.54) is 7.05 Å². The minimum atomic E-state index is -0.379. The molecule has 0 spiro atoms.